The third-order valence-corrected chi connectivity index (χ3v) is 5.12. The Bertz CT molecular complexity index is 729. The highest BCUT2D eigenvalue weighted by atomic mass is 16.5. The second-order valence-electron chi connectivity index (χ2n) is 6.68. The molecule has 3 rings (SSSR count). The van der Waals surface area contributed by atoms with Crippen molar-refractivity contribution < 1.29 is 14.3 Å². The summed E-state index contributed by atoms with van der Waals surface area (Å²) in [5, 5.41) is 0. The van der Waals surface area contributed by atoms with Crippen molar-refractivity contribution in [1.29, 1.82) is 0 Å². The standard InChI is InChI=1S/C22H28N2O3/c1-4-23(5-2)15-20-21(27-16-17-9-7-6-8-10-17)22(25)24(20)18-11-13-19(26-3)14-12-18/h6-14,20-21H,4-5,15-16H2,1-3H3/t20-,21+/m1/s1. The molecule has 0 N–H and O–H groups in total. The van der Waals surface area contributed by atoms with E-state index >= 15 is 0 Å². The molecule has 5 heteroatoms. The average Bonchev–Trinajstić information content (AvgIpc) is 2.72. The second-order valence-corrected chi connectivity index (χ2v) is 6.68. The van der Waals surface area contributed by atoms with E-state index in [0.29, 0.717) is 6.61 Å². The van der Waals surface area contributed by atoms with Crippen molar-refractivity contribution in [3.05, 3.63) is 60.2 Å². The minimum atomic E-state index is -0.409. The zero-order valence-electron chi connectivity index (χ0n) is 16.3. The molecule has 144 valence electrons. The highest BCUT2D eigenvalue weighted by Gasteiger charge is 2.49. The number of carbonyl (C=O) groups is 1. The molecule has 0 spiro atoms. The van der Waals surface area contributed by atoms with Gasteiger partial charge in [-0.25, -0.2) is 0 Å². The number of rotatable bonds is 9. The Morgan fingerprint density at radius 1 is 1.00 bits per heavy atom. The van der Waals surface area contributed by atoms with Gasteiger partial charge in [-0.15, -0.1) is 0 Å². The van der Waals surface area contributed by atoms with E-state index in [0.717, 1.165) is 36.6 Å². The number of β-lactam (4-membered cyclic amide) rings is 1. The number of amides is 1. The molecule has 1 saturated heterocycles. The molecular weight excluding hydrogens is 340 g/mol. The van der Waals surface area contributed by atoms with Crippen LogP contribution >= 0.6 is 0 Å². The maximum Gasteiger partial charge on any atom is 0.258 e. The lowest BCUT2D eigenvalue weighted by Gasteiger charge is -2.48. The van der Waals surface area contributed by atoms with E-state index in [2.05, 4.69) is 18.7 Å². The van der Waals surface area contributed by atoms with E-state index in [1.807, 2.05) is 59.5 Å². The van der Waals surface area contributed by atoms with Gasteiger partial charge < -0.3 is 19.3 Å². The first-order chi connectivity index (χ1) is 13.2. The van der Waals surface area contributed by atoms with E-state index in [-0.39, 0.29) is 11.9 Å². The molecule has 2 atom stereocenters. The molecule has 2 aromatic rings. The molecule has 1 fully saturated rings. The zero-order valence-corrected chi connectivity index (χ0v) is 16.3. The Labute approximate surface area is 161 Å². The number of methoxy groups -OCH3 is 1. The number of anilines is 1. The predicted molar refractivity (Wildman–Crippen MR) is 107 cm³/mol. The second kappa shape index (κ2) is 9.02. The highest BCUT2D eigenvalue weighted by molar-refractivity contribution is 6.05. The summed E-state index contributed by atoms with van der Waals surface area (Å²) in [7, 11) is 1.64. The van der Waals surface area contributed by atoms with Crippen LogP contribution < -0.4 is 9.64 Å². The Kier molecular flexibility index (Phi) is 6.48. The van der Waals surface area contributed by atoms with Crippen molar-refractivity contribution >= 4 is 11.6 Å². The van der Waals surface area contributed by atoms with Gasteiger partial charge in [-0.05, 0) is 42.9 Å². The van der Waals surface area contributed by atoms with Crippen LogP contribution in [0, 0.1) is 0 Å². The van der Waals surface area contributed by atoms with Crippen LogP contribution in [-0.2, 0) is 16.1 Å². The summed E-state index contributed by atoms with van der Waals surface area (Å²) in [6, 6.07) is 17.6. The molecule has 0 saturated carbocycles. The van der Waals surface area contributed by atoms with Crippen molar-refractivity contribution in [1.82, 2.24) is 4.90 Å². The van der Waals surface area contributed by atoms with Gasteiger partial charge in [0.15, 0.2) is 6.10 Å². The van der Waals surface area contributed by atoms with Gasteiger partial charge in [-0.2, -0.15) is 0 Å². The minimum absolute atomic E-state index is 0.00880. The van der Waals surface area contributed by atoms with E-state index in [1.54, 1.807) is 7.11 Å². The smallest absolute Gasteiger partial charge is 0.258 e. The molecule has 27 heavy (non-hydrogen) atoms. The Morgan fingerprint density at radius 3 is 2.26 bits per heavy atom. The lowest BCUT2D eigenvalue weighted by atomic mass is 9.95. The first-order valence-corrected chi connectivity index (χ1v) is 9.53. The molecule has 1 amide bonds. The summed E-state index contributed by atoms with van der Waals surface area (Å²) in [5.74, 6) is 0.803. The largest absolute Gasteiger partial charge is 0.497 e. The summed E-state index contributed by atoms with van der Waals surface area (Å²) in [4.78, 5) is 17.0. The van der Waals surface area contributed by atoms with Crippen molar-refractivity contribution in [2.45, 2.75) is 32.6 Å². The monoisotopic (exact) mass is 368 g/mol. The molecule has 0 aliphatic carbocycles. The molecule has 1 aliphatic heterocycles. The van der Waals surface area contributed by atoms with Gasteiger partial charge in [-0.1, -0.05) is 44.2 Å². The molecule has 1 aliphatic rings. The number of nitrogens with zero attached hydrogens (tertiary/aromatic N) is 2. The molecule has 0 unspecified atom stereocenters. The lowest BCUT2D eigenvalue weighted by Crippen LogP contribution is -2.69. The van der Waals surface area contributed by atoms with Gasteiger partial charge >= 0.3 is 0 Å². The summed E-state index contributed by atoms with van der Waals surface area (Å²) in [6.45, 7) is 7.42. The SMILES string of the molecule is CCN(CC)C[C@@H]1[C@H](OCc2ccccc2)C(=O)N1c1ccc(OC)cc1. The van der Waals surface area contributed by atoms with Crippen LogP contribution in [0.15, 0.2) is 54.6 Å². The lowest BCUT2D eigenvalue weighted by molar-refractivity contribution is -0.144. The summed E-state index contributed by atoms with van der Waals surface area (Å²) in [5.41, 5.74) is 1.97. The highest BCUT2D eigenvalue weighted by Crippen LogP contribution is 2.32. The van der Waals surface area contributed by atoms with E-state index in [1.165, 1.54) is 0 Å². The van der Waals surface area contributed by atoms with Crippen LogP contribution in [0.2, 0.25) is 0 Å². The summed E-state index contributed by atoms with van der Waals surface area (Å²) < 4.78 is 11.3. The van der Waals surface area contributed by atoms with Crippen molar-refractivity contribution in [2.75, 3.05) is 31.6 Å². The maximum absolute atomic E-state index is 12.9. The van der Waals surface area contributed by atoms with Gasteiger partial charge in [0.05, 0.1) is 19.8 Å². The third kappa shape index (κ3) is 4.31. The number of benzene rings is 2. The van der Waals surface area contributed by atoms with E-state index in [4.69, 9.17) is 9.47 Å². The molecule has 0 aromatic heterocycles. The van der Waals surface area contributed by atoms with Gasteiger partial charge in [0, 0.05) is 12.2 Å². The summed E-state index contributed by atoms with van der Waals surface area (Å²) in [6.07, 6.45) is -0.409. The Morgan fingerprint density at radius 2 is 1.67 bits per heavy atom. The van der Waals surface area contributed by atoms with E-state index in [9.17, 15) is 4.79 Å². The molecule has 0 radical (unpaired) electrons. The van der Waals surface area contributed by atoms with Crippen molar-refractivity contribution in [3.63, 3.8) is 0 Å². The van der Waals surface area contributed by atoms with Gasteiger partial charge in [0.2, 0.25) is 0 Å². The molecule has 5 nitrogen and oxygen atoms in total. The van der Waals surface area contributed by atoms with Crippen LogP contribution in [0.3, 0.4) is 0 Å². The first-order valence-electron chi connectivity index (χ1n) is 9.53. The fraction of sp³-hybridized carbons (Fsp3) is 0.409. The maximum atomic E-state index is 12.9. The van der Waals surface area contributed by atoms with Gasteiger partial charge in [0.25, 0.3) is 5.91 Å². The number of carbonyl (C=O) groups excluding carboxylic acids is 1. The van der Waals surface area contributed by atoms with Crippen LogP contribution in [0.1, 0.15) is 19.4 Å². The molecule has 2 aromatic carbocycles. The van der Waals surface area contributed by atoms with Gasteiger partial charge in [-0.3, -0.25) is 4.79 Å². The molecule has 1 heterocycles. The topological polar surface area (TPSA) is 42.0 Å². The van der Waals surface area contributed by atoms with Crippen LogP contribution in [-0.4, -0.2) is 49.7 Å². The fourth-order valence-corrected chi connectivity index (χ4v) is 3.45. The molecule has 0 bridgehead atoms. The van der Waals surface area contributed by atoms with Crippen molar-refractivity contribution in [3.8, 4) is 5.75 Å². The number of ether oxygens (including phenoxy) is 2. The summed E-state index contributed by atoms with van der Waals surface area (Å²) >= 11 is 0. The number of hydrogen-bond donors (Lipinski definition) is 0. The minimum Gasteiger partial charge on any atom is -0.497 e. The van der Waals surface area contributed by atoms with Crippen LogP contribution in [0.25, 0.3) is 0 Å². The zero-order chi connectivity index (χ0) is 19.2. The van der Waals surface area contributed by atoms with Gasteiger partial charge in [0.1, 0.15) is 5.75 Å². The fourth-order valence-electron chi connectivity index (χ4n) is 3.45. The van der Waals surface area contributed by atoms with Crippen LogP contribution in [0.5, 0.6) is 5.75 Å². The quantitative estimate of drug-likeness (QED) is 0.637. The van der Waals surface area contributed by atoms with E-state index < -0.39 is 6.10 Å². The average molecular weight is 368 g/mol. The molecular formula is C22H28N2O3. The number of hydrogen-bond acceptors (Lipinski definition) is 4. The predicted octanol–water partition coefficient (Wildman–Crippen LogP) is 3.34. The third-order valence-electron chi connectivity index (χ3n) is 5.12. The Hall–Kier alpha value is -2.37. The number of likely N-dealkylation sites (N-methyl/N-ethyl adjacent to an activating group) is 1. The van der Waals surface area contributed by atoms with Crippen LogP contribution in [0.4, 0.5) is 5.69 Å². The van der Waals surface area contributed by atoms with Crippen molar-refractivity contribution in [2.24, 2.45) is 0 Å². The normalized spacial score (nSPS) is 19.3. The Balaban J connectivity index is 1.75. The first kappa shape index (κ1) is 19.4.